The molecule has 1 atom stereocenters. The highest BCUT2D eigenvalue weighted by molar-refractivity contribution is 6.36. The second-order valence-electron chi connectivity index (χ2n) is 4.68. The smallest absolute Gasteiger partial charge is 0.129 e. The third-order valence-corrected chi connectivity index (χ3v) is 4.54. The summed E-state index contributed by atoms with van der Waals surface area (Å²) in [5.41, 5.74) is 1.07. The van der Waals surface area contributed by atoms with Crippen LogP contribution in [0.2, 0.25) is 10.0 Å². The van der Waals surface area contributed by atoms with E-state index in [1.165, 1.54) is 6.07 Å². The van der Waals surface area contributed by atoms with Gasteiger partial charge in [-0.05, 0) is 29.1 Å². The first-order valence-corrected chi connectivity index (χ1v) is 7.54. The molecule has 0 radical (unpaired) electrons. The molecule has 0 bridgehead atoms. The SMILES string of the molecule is Fc1cccc(Cl)c1C(Cl)c1ccc(Cl)c2ccccc12. The minimum Gasteiger partial charge on any atom is -0.207 e. The summed E-state index contributed by atoms with van der Waals surface area (Å²) in [4.78, 5) is 0. The molecule has 0 N–H and O–H groups in total. The molecule has 0 heterocycles. The Bertz CT molecular complexity index is 794. The predicted molar refractivity (Wildman–Crippen MR) is 88.1 cm³/mol. The van der Waals surface area contributed by atoms with E-state index in [4.69, 9.17) is 34.8 Å². The fourth-order valence-corrected chi connectivity index (χ4v) is 3.38. The van der Waals surface area contributed by atoms with Crippen LogP contribution in [-0.4, -0.2) is 0 Å². The molecule has 21 heavy (non-hydrogen) atoms. The van der Waals surface area contributed by atoms with Crippen LogP contribution in [0.25, 0.3) is 10.8 Å². The molecule has 0 amide bonds. The largest absolute Gasteiger partial charge is 0.207 e. The molecule has 0 aliphatic heterocycles. The molecule has 0 saturated carbocycles. The molecular formula is C17H10Cl3F. The summed E-state index contributed by atoms with van der Waals surface area (Å²) >= 11 is 18.8. The lowest BCUT2D eigenvalue weighted by Crippen LogP contribution is -1.99. The average Bonchev–Trinajstić information content (AvgIpc) is 2.47. The molecule has 4 heteroatoms. The highest BCUT2D eigenvalue weighted by Crippen LogP contribution is 2.39. The fourth-order valence-electron chi connectivity index (χ4n) is 2.41. The highest BCUT2D eigenvalue weighted by atomic mass is 35.5. The molecule has 0 aliphatic carbocycles. The number of halogens is 4. The van der Waals surface area contributed by atoms with Crippen LogP contribution in [-0.2, 0) is 0 Å². The van der Waals surface area contributed by atoms with Gasteiger partial charge >= 0.3 is 0 Å². The molecule has 3 aromatic carbocycles. The fraction of sp³-hybridized carbons (Fsp3) is 0.0588. The Labute approximate surface area is 137 Å². The summed E-state index contributed by atoms with van der Waals surface area (Å²) < 4.78 is 14.1. The van der Waals surface area contributed by atoms with E-state index < -0.39 is 11.2 Å². The minimum absolute atomic E-state index is 0.285. The van der Waals surface area contributed by atoms with Gasteiger partial charge in [-0.2, -0.15) is 0 Å². The monoisotopic (exact) mass is 338 g/mol. The number of hydrogen-bond donors (Lipinski definition) is 0. The van der Waals surface area contributed by atoms with Crippen molar-refractivity contribution >= 4 is 45.6 Å². The van der Waals surface area contributed by atoms with Gasteiger partial charge in [0.05, 0.1) is 5.38 Å². The van der Waals surface area contributed by atoms with E-state index in [0.29, 0.717) is 10.0 Å². The van der Waals surface area contributed by atoms with E-state index in [1.807, 2.05) is 30.3 Å². The van der Waals surface area contributed by atoms with Crippen molar-refractivity contribution < 1.29 is 4.39 Å². The Hall–Kier alpha value is -1.28. The van der Waals surface area contributed by atoms with Crippen LogP contribution in [0, 0.1) is 5.82 Å². The van der Waals surface area contributed by atoms with E-state index in [2.05, 4.69) is 0 Å². The molecule has 0 aromatic heterocycles. The van der Waals surface area contributed by atoms with Crippen LogP contribution in [0.4, 0.5) is 4.39 Å². The Morgan fingerprint density at radius 3 is 2.19 bits per heavy atom. The summed E-state index contributed by atoms with van der Waals surface area (Å²) in [6.07, 6.45) is 0. The maximum atomic E-state index is 14.1. The van der Waals surface area contributed by atoms with Gasteiger partial charge in [-0.1, -0.05) is 59.6 Å². The first-order valence-electron chi connectivity index (χ1n) is 6.34. The lowest BCUT2D eigenvalue weighted by molar-refractivity contribution is 0.612. The van der Waals surface area contributed by atoms with Crippen molar-refractivity contribution in [3.63, 3.8) is 0 Å². The number of benzene rings is 3. The highest BCUT2D eigenvalue weighted by Gasteiger charge is 2.20. The van der Waals surface area contributed by atoms with Gasteiger partial charge in [-0.3, -0.25) is 0 Å². The Morgan fingerprint density at radius 1 is 0.762 bits per heavy atom. The van der Waals surface area contributed by atoms with Gasteiger partial charge in [0, 0.05) is 21.0 Å². The maximum Gasteiger partial charge on any atom is 0.129 e. The van der Waals surface area contributed by atoms with Crippen LogP contribution in [0.3, 0.4) is 0 Å². The molecule has 0 aliphatic rings. The molecule has 0 saturated heterocycles. The maximum absolute atomic E-state index is 14.1. The summed E-state index contributed by atoms with van der Waals surface area (Å²) in [6, 6.07) is 15.8. The molecule has 106 valence electrons. The molecule has 3 aromatic rings. The van der Waals surface area contributed by atoms with Gasteiger partial charge in [-0.25, -0.2) is 4.39 Å². The van der Waals surface area contributed by atoms with Crippen LogP contribution in [0.15, 0.2) is 54.6 Å². The number of rotatable bonds is 2. The number of hydrogen-bond acceptors (Lipinski definition) is 0. The van der Waals surface area contributed by atoms with Gasteiger partial charge in [0.15, 0.2) is 0 Å². The first-order chi connectivity index (χ1) is 10.1. The molecule has 3 rings (SSSR count). The van der Waals surface area contributed by atoms with Crippen LogP contribution in [0.1, 0.15) is 16.5 Å². The molecular weight excluding hydrogens is 330 g/mol. The summed E-state index contributed by atoms with van der Waals surface area (Å²) in [7, 11) is 0. The van der Waals surface area contributed by atoms with Gasteiger partial charge in [0.2, 0.25) is 0 Å². The summed E-state index contributed by atoms with van der Waals surface area (Å²) in [5.74, 6) is -0.415. The van der Waals surface area contributed by atoms with Crippen molar-refractivity contribution in [2.75, 3.05) is 0 Å². The average molecular weight is 340 g/mol. The summed E-state index contributed by atoms with van der Waals surface area (Å²) in [5, 5.41) is 2.05. The van der Waals surface area contributed by atoms with Crippen molar-refractivity contribution in [1.29, 1.82) is 0 Å². The van der Waals surface area contributed by atoms with E-state index in [-0.39, 0.29) is 5.56 Å². The minimum atomic E-state index is -0.680. The van der Waals surface area contributed by atoms with Crippen molar-refractivity contribution in [2.24, 2.45) is 0 Å². The van der Waals surface area contributed by atoms with Gasteiger partial charge in [-0.15, -0.1) is 11.6 Å². The van der Waals surface area contributed by atoms with Crippen molar-refractivity contribution in [2.45, 2.75) is 5.38 Å². The van der Waals surface area contributed by atoms with E-state index in [9.17, 15) is 4.39 Å². The number of fused-ring (bicyclic) bond motifs is 1. The zero-order chi connectivity index (χ0) is 15.0. The molecule has 0 nitrogen and oxygen atoms in total. The van der Waals surface area contributed by atoms with Crippen LogP contribution < -0.4 is 0 Å². The Morgan fingerprint density at radius 2 is 1.48 bits per heavy atom. The van der Waals surface area contributed by atoms with E-state index in [1.54, 1.807) is 18.2 Å². The molecule has 1 unspecified atom stereocenters. The quantitative estimate of drug-likeness (QED) is 0.461. The van der Waals surface area contributed by atoms with Crippen LogP contribution in [0.5, 0.6) is 0 Å². The zero-order valence-electron chi connectivity index (χ0n) is 10.8. The zero-order valence-corrected chi connectivity index (χ0v) is 13.1. The van der Waals surface area contributed by atoms with Crippen LogP contribution >= 0.6 is 34.8 Å². The van der Waals surface area contributed by atoms with Crippen molar-refractivity contribution in [1.82, 2.24) is 0 Å². The van der Waals surface area contributed by atoms with Crippen molar-refractivity contribution in [3.8, 4) is 0 Å². The Kier molecular flexibility index (Phi) is 4.08. The van der Waals surface area contributed by atoms with Gasteiger partial charge in [0.1, 0.15) is 5.82 Å². The van der Waals surface area contributed by atoms with Gasteiger partial charge in [0.25, 0.3) is 0 Å². The second kappa shape index (κ2) is 5.84. The standard InChI is InChI=1S/C17H10Cl3F/c18-13-9-8-12(10-4-1-2-5-11(10)13)17(20)16-14(19)6-3-7-15(16)21/h1-9,17H. The molecule has 0 spiro atoms. The van der Waals surface area contributed by atoms with E-state index in [0.717, 1.165) is 16.3 Å². The third-order valence-electron chi connectivity index (χ3n) is 3.43. The third kappa shape index (κ3) is 2.62. The lowest BCUT2D eigenvalue weighted by atomic mass is 9.97. The predicted octanol–water partition coefficient (Wildman–Crippen LogP) is 6.61. The summed E-state index contributed by atoms with van der Waals surface area (Å²) in [6.45, 7) is 0. The second-order valence-corrected chi connectivity index (χ2v) is 5.93. The number of alkyl halides is 1. The van der Waals surface area contributed by atoms with Gasteiger partial charge < -0.3 is 0 Å². The lowest BCUT2D eigenvalue weighted by Gasteiger charge is -2.16. The van der Waals surface area contributed by atoms with Crippen molar-refractivity contribution in [3.05, 3.63) is 81.6 Å². The normalized spacial score (nSPS) is 12.6. The van der Waals surface area contributed by atoms with E-state index >= 15 is 0 Å². The Balaban J connectivity index is 2.23. The first kappa shape index (κ1) is 14.6. The topological polar surface area (TPSA) is 0 Å². The molecule has 0 fully saturated rings.